The minimum absolute atomic E-state index is 0.0976. The molecule has 0 saturated carbocycles. The first kappa shape index (κ1) is 20.3. The molecular formula is C22H35N3O2. The van der Waals surface area contributed by atoms with Crippen LogP contribution >= 0.6 is 0 Å². The summed E-state index contributed by atoms with van der Waals surface area (Å²) < 4.78 is 0. The molecule has 5 nitrogen and oxygen atoms in total. The lowest BCUT2D eigenvalue weighted by molar-refractivity contribution is -0.160. The number of hydrogen-bond donors (Lipinski definition) is 1. The molecule has 0 spiro atoms. The monoisotopic (exact) mass is 373 g/mol. The predicted octanol–water partition coefficient (Wildman–Crippen LogP) is 2.30. The Labute approximate surface area is 163 Å². The summed E-state index contributed by atoms with van der Waals surface area (Å²) in [6.45, 7) is 13.3. The number of piperazine rings is 1. The number of piperidine rings is 1. The molecule has 1 aromatic rings. The molecule has 2 aliphatic heterocycles. The average Bonchev–Trinajstić information content (AvgIpc) is 2.67. The quantitative estimate of drug-likeness (QED) is 0.831. The molecule has 0 unspecified atom stereocenters. The van der Waals surface area contributed by atoms with Crippen LogP contribution in [0.3, 0.4) is 0 Å². The minimum Gasteiger partial charge on any atom is -0.379 e. The van der Waals surface area contributed by atoms with Gasteiger partial charge in [0.15, 0.2) is 5.60 Å². The van der Waals surface area contributed by atoms with Crippen LogP contribution in [0.4, 0.5) is 0 Å². The van der Waals surface area contributed by atoms with E-state index >= 15 is 0 Å². The van der Waals surface area contributed by atoms with Gasteiger partial charge in [-0.25, -0.2) is 0 Å². The van der Waals surface area contributed by atoms with E-state index in [-0.39, 0.29) is 5.91 Å². The van der Waals surface area contributed by atoms with E-state index in [1.807, 2.05) is 4.90 Å². The van der Waals surface area contributed by atoms with Gasteiger partial charge in [-0.15, -0.1) is 0 Å². The smallest absolute Gasteiger partial charge is 0.256 e. The molecular weight excluding hydrogens is 338 g/mol. The molecule has 5 heteroatoms. The fourth-order valence-corrected chi connectivity index (χ4v) is 4.22. The lowest BCUT2D eigenvalue weighted by Crippen LogP contribution is -2.60. The largest absolute Gasteiger partial charge is 0.379 e. The SMILES string of the molecule is CCN1CCN(C[C@@]2(O)CCCN(Cc3ccc(C(C)C)cc3)C2=O)CC1. The maximum Gasteiger partial charge on any atom is 0.256 e. The number of likely N-dealkylation sites (tertiary alicyclic amines) is 1. The van der Waals surface area contributed by atoms with E-state index in [4.69, 9.17) is 0 Å². The molecule has 1 atom stereocenters. The molecule has 1 amide bonds. The van der Waals surface area contributed by atoms with Crippen molar-refractivity contribution in [1.82, 2.24) is 14.7 Å². The summed E-state index contributed by atoms with van der Waals surface area (Å²) in [6.07, 6.45) is 1.43. The molecule has 1 N–H and O–H groups in total. The van der Waals surface area contributed by atoms with Crippen LogP contribution in [0, 0.1) is 0 Å². The first-order chi connectivity index (χ1) is 12.9. The third-order valence-corrected chi connectivity index (χ3v) is 6.12. The Balaban J connectivity index is 1.60. The number of amides is 1. The number of β-amino-alcohol motifs (C(OH)–C–C–N with tert-alkyl or cyclic N) is 1. The number of carbonyl (C=O) groups excluding carboxylic acids is 1. The second kappa shape index (κ2) is 8.72. The number of nitrogens with zero attached hydrogens (tertiary/aromatic N) is 3. The number of likely N-dealkylation sites (N-methyl/N-ethyl adjacent to an activating group) is 1. The highest BCUT2D eigenvalue weighted by atomic mass is 16.3. The fraction of sp³-hybridized carbons (Fsp3) is 0.682. The molecule has 2 saturated heterocycles. The van der Waals surface area contributed by atoms with E-state index in [1.165, 1.54) is 5.56 Å². The average molecular weight is 374 g/mol. The van der Waals surface area contributed by atoms with Crippen molar-refractivity contribution < 1.29 is 9.90 Å². The Hall–Kier alpha value is -1.43. The van der Waals surface area contributed by atoms with Gasteiger partial charge in [-0.2, -0.15) is 0 Å². The van der Waals surface area contributed by atoms with Gasteiger partial charge in [0, 0.05) is 45.8 Å². The van der Waals surface area contributed by atoms with Gasteiger partial charge < -0.3 is 14.9 Å². The van der Waals surface area contributed by atoms with Crippen molar-refractivity contribution in [2.75, 3.05) is 45.8 Å². The van der Waals surface area contributed by atoms with E-state index in [1.54, 1.807) is 0 Å². The van der Waals surface area contributed by atoms with Gasteiger partial charge in [0.1, 0.15) is 0 Å². The summed E-state index contributed by atoms with van der Waals surface area (Å²) >= 11 is 0. The zero-order valence-corrected chi connectivity index (χ0v) is 17.2. The van der Waals surface area contributed by atoms with Crippen LogP contribution in [0.25, 0.3) is 0 Å². The minimum atomic E-state index is -1.23. The van der Waals surface area contributed by atoms with Gasteiger partial charge in [0.05, 0.1) is 0 Å². The number of carbonyl (C=O) groups is 1. The molecule has 2 fully saturated rings. The Morgan fingerprint density at radius 2 is 1.67 bits per heavy atom. The van der Waals surface area contributed by atoms with Gasteiger partial charge in [-0.1, -0.05) is 45.0 Å². The van der Waals surface area contributed by atoms with Gasteiger partial charge in [-0.3, -0.25) is 9.69 Å². The van der Waals surface area contributed by atoms with Gasteiger partial charge in [0.2, 0.25) is 0 Å². The molecule has 1 aromatic carbocycles. The van der Waals surface area contributed by atoms with Crippen molar-refractivity contribution in [3.8, 4) is 0 Å². The zero-order valence-electron chi connectivity index (χ0n) is 17.2. The van der Waals surface area contributed by atoms with E-state index in [2.05, 4.69) is 54.8 Å². The second-order valence-corrected chi connectivity index (χ2v) is 8.47. The third-order valence-electron chi connectivity index (χ3n) is 6.12. The first-order valence-corrected chi connectivity index (χ1v) is 10.5. The molecule has 2 aliphatic rings. The summed E-state index contributed by atoms with van der Waals surface area (Å²) in [5, 5.41) is 11.1. The second-order valence-electron chi connectivity index (χ2n) is 8.47. The lowest BCUT2D eigenvalue weighted by atomic mass is 9.90. The Kier molecular flexibility index (Phi) is 6.56. The van der Waals surface area contributed by atoms with Crippen LogP contribution in [-0.2, 0) is 11.3 Å². The van der Waals surface area contributed by atoms with E-state index in [0.29, 0.717) is 25.4 Å². The summed E-state index contributed by atoms with van der Waals surface area (Å²) in [5.74, 6) is 0.411. The van der Waals surface area contributed by atoms with Gasteiger partial charge >= 0.3 is 0 Å². The Morgan fingerprint density at radius 3 is 2.26 bits per heavy atom. The summed E-state index contributed by atoms with van der Waals surface area (Å²) in [7, 11) is 0. The van der Waals surface area contributed by atoms with Crippen molar-refractivity contribution in [3.63, 3.8) is 0 Å². The highest BCUT2D eigenvalue weighted by Gasteiger charge is 2.43. The van der Waals surface area contributed by atoms with Crippen molar-refractivity contribution >= 4 is 5.91 Å². The van der Waals surface area contributed by atoms with Crippen LogP contribution in [0.1, 0.15) is 50.7 Å². The van der Waals surface area contributed by atoms with Crippen LogP contribution in [-0.4, -0.2) is 77.1 Å². The topological polar surface area (TPSA) is 47.0 Å². The molecule has 27 heavy (non-hydrogen) atoms. The number of hydrogen-bond acceptors (Lipinski definition) is 4. The van der Waals surface area contributed by atoms with Crippen molar-refractivity contribution in [1.29, 1.82) is 0 Å². The highest BCUT2D eigenvalue weighted by Crippen LogP contribution is 2.26. The van der Waals surface area contributed by atoms with Crippen molar-refractivity contribution in [3.05, 3.63) is 35.4 Å². The molecule has 2 heterocycles. The Bertz CT molecular complexity index is 623. The molecule has 0 radical (unpaired) electrons. The number of benzene rings is 1. The highest BCUT2D eigenvalue weighted by molar-refractivity contribution is 5.86. The van der Waals surface area contributed by atoms with Gasteiger partial charge in [-0.05, 0) is 36.4 Å². The van der Waals surface area contributed by atoms with E-state index in [0.717, 1.165) is 51.3 Å². The molecule has 0 aromatic heterocycles. The van der Waals surface area contributed by atoms with Crippen molar-refractivity contribution in [2.24, 2.45) is 0 Å². The fourth-order valence-electron chi connectivity index (χ4n) is 4.22. The van der Waals surface area contributed by atoms with Crippen LogP contribution in [0.2, 0.25) is 0 Å². The maximum absolute atomic E-state index is 13.1. The summed E-state index contributed by atoms with van der Waals surface area (Å²) in [4.78, 5) is 19.6. The Morgan fingerprint density at radius 1 is 1.04 bits per heavy atom. The summed E-state index contributed by atoms with van der Waals surface area (Å²) in [6, 6.07) is 8.52. The molecule has 3 rings (SSSR count). The van der Waals surface area contributed by atoms with E-state index < -0.39 is 5.60 Å². The first-order valence-electron chi connectivity index (χ1n) is 10.5. The number of aliphatic hydroxyl groups is 1. The number of rotatable bonds is 6. The molecule has 0 bridgehead atoms. The van der Waals surface area contributed by atoms with Crippen molar-refractivity contribution in [2.45, 2.75) is 51.7 Å². The van der Waals surface area contributed by atoms with Crippen LogP contribution in [0.5, 0.6) is 0 Å². The van der Waals surface area contributed by atoms with Gasteiger partial charge in [0.25, 0.3) is 5.91 Å². The van der Waals surface area contributed by atoms with Crippen LogP contribution in [0.15, 0.2) is 24.3 Å². The lowest BCUT2D eigenvalue weighted by Gasteiger charge is -2.43. The maximum atomic E-state index is 13.1. The zero-order chi connectivity index (χ0) is 19.4. The van der Waals surface area contributed by atoms with E-state index in [9.17, 15) is 9.90 Å². The molecule has 0 aliphatic carbocycles. The van der Waals surface area contributed by atoms with Crippen LogP contribution < -0.4 is 0 Å². The summed E-state index contributed by atoms with van der Waals surface area (Å²) in [5.41, 5.74) is 1.21. The predicted molar refractivity (Wildman–Crippen MR) is 109 cm³/mol. The molecule has 150 valence electrons. The standard InChI is InChI=1S/C22H35N3O2/c1-4-23-12-14-24(15-13-23)17-22(27)10-5-11-25(21(22)26)16-19-6-8-20(9-7-19)18(2)3/h6-9,18,27H,4-5,10-17H2,1-3H3/t22-/m0/s1. The third kappa shape index (κ3) is 4.89. The normalized spacial score (nSPS) is 25.4.